The van der Waals surface area contributed by atoms with E-state index in [1.807, 2.05) is 30.3 Å². The first-order valence-electron chi connectivity index (χ1n) is 6.78. The van der Waals surface area contributed by atoms with Gasteiger partial charge in [0.2, 0.25) is 0 Å². The maximum atomic E-state index is 11.7. The standard InChI is InChI=1S/C16H17N3O/c1-2-9-19-14-6-4-3-5-12(14)13-10-11(16(20)18-17)7-8-15(13)19/h3-8,10H,2,9,17H2,1H3,(H,18,20). The molecule has 0 saturated heterocycles. The van der Waals surface area contributed by atoms with E-state index in [9.17, 15) is 4.79 Å². The Bertz CT molecular complexity index is 789. The van der Waals surface area contributed by atoms with Crippen molar-refractivity contribution in [2.45, 2.75) is 19.9 Å². The van der Waals surface area contributed by atoms with Crippen LogP contribution in [0, 0.1) is 0 Å². The minimum absolute atomic E-state index is 0.265. The monoisotopic (exact) mass is 267 g/mol. The number of benzene rings is 2. The van der Waals surface area contributed by atoms with E-state index in [0.29, 0.717) is 5.56 Å². The first-order valence-corrected chi connectivity index (χ1v) is 6.78. The third-order valence-electron chi connectivity index (χ3n) is 3.61. The maximum absolute atomic E-state index is 11.7. The molecule has 0 atom stereocenters. The van der Waals surface area contributed by atoms with Crippen molar-refractivity contribution in [1.82, 2.24) is 9.99 Å². The van der Waals surface area contributed by atoms with Crippen LogP contribution in [0.15, 0.2) is 42.5 Å². The molecule has 0 bridgehead atoms. The van der Waals surface area contributed by atoms with Crippen molar-refractivity contribution in [3.63, 3.8) is 0 Å². The second-order valence-corrected chi connectivity index (χ2v) is 4.87. The highest BCUT2D eigenvalue weighted by Gasteiger charge is 2.12. The molecular weight excluding hydrogens is 250 g/mol. The minimum Gasteiger partial charge on any atom is -0.340 e. The van der Waals surface area contributed by atoms with Gasteiger partial charge in [0.05, 0.1) is 0 Å². The molecule has 20 heavy (non-hydrogen) atoms. The molecule has 0 radical (unpaired) electrons. The average molecular weight is 267 g/mol. The molecule has 3 aromatic rings. The van der Waals surface area contributed by atoms with Crippen LogP contribution in [-0.4, -0.2) is 10.5 Å². The number of carbonyl (C=O) groups is 1. The average Bonchev–Trinajstić information content (AvgIpc) is 2.81. The number of nitrogens with two attached hydrogens (primary N) is 1. The number of hydrogen-bond donors (Lipinski definition) is 2. The zero-order chi connectivity index (χ0) is 14.1. The number of para-hydroxylation sites is 1. The summed E-state index contributed by atoms with van der Waals surface area (Å²) in [6.45, 7) is 3.13. The van der Waals surface area contributed by atoms with Gasteiger partial charge in [-0.2, -0.15) is 0 Å². The molecule has 0 aliphatic heterocycles. The largest absolute Gasteiger partial charge is 0.340 e. The van der Waals surface area contributed by atoms with Crippen LogP contribution >= 0.6 is 0 Å². The van der Waals surface area contributed by atoms with E-state index in [0.717, 1.165) is 23.9 Å². The van der Waals surface area contributed by atoms with Crippen LogP contribution in [0.4, 0.5) is 0 Å². The molecule has 0 unspecified atom stereocenters. The molecular formula is C16H17N3O. The Morgan fingerprint density at radius 1 is 1.15 bits per heavy atom. The lowest BCUT2D eigenvalue weighted by molar-refractivity contribution is 0.0954. The zero-order valence-electron chi connectivity index (χ0n) is 11.4. The van der Waals surface area contributed by atoms with Gasteiger partial charge in [0.25, 0.3) is 5.91 Å². The molecule has 2 aromatic carbocycles. The van der Waals surface area contributed by atoms with Gasteiger partial charge in [0.15, 0.2) is 0 Å². The molecule has 1 aromatic heterocycles. The van der Waals surface area contributed by atoms with Crippen LogP contribution in [-0.2, 0) is 6.54 Å². The Kier molecular flexibility index (Phi) is 3.16. The first-order chi connectivity index (χ1) is 9.76. The highest BCUT2D eigenvalue weighted by molar-refractivity contribution is 6.10. The summed E-state index contributed by atoms with van der Waals surface area (Å²) in [6.07, 6.45) is 1.07. The van der Waals surface area contributed by atoms with Gasteiger partial charge < -0.3 is 4.57 Å². The zero-order valence-corrected chi connectivity index (χ0v) is 11.4. The Morgan fingerprint density at radius 2 is 1.90 bits per heavy atom. The number of hydrazine groups is 1. The summed E-state index contributed by atoms with van der Waals surface area (Å²) >= 11 is 0. The molecule has 1 heterocycles. The van der Waals surface area contributed by atoms with Crippen molar-refractivity contribution in [2.24, 2.45) is 5.84 Å². The van der Waals surface area contributed by atoms with E-state index in [1.54, 1.807) is 0 Å². The molecule has 0 spiro atoms. The number of fused-ring (bicyclic) bond motifs is 3. The topological polar surface area (TPSA) is 60.0 Å². The lowest BCUT2D eigenvalue weighted by atomic mass is 10.1. The molecule has 4 heteroatoms. The van der Waals surface area contributed by atoms with Crippen LogP contribution in [0.1, 0.15) is 23.7 Å². The normalized spacial score (nSPS) is 11.1. The highest BCUT2D eigenvalue weighted by atomic mass is 16.2. The highest BCUT2D eigenvalue weighted by Crippen LogP contribution is 2.29. The Labute approximate surface area is 117 Å². The third-order valence-corrected chi connectivity index (χ3v) is 3.61. The summed E-state index contributed by atoms with van der Waals surface area (Å²) in [5.41, 5.74) is 5.12. The summed E-state index contributed by atoms with van der Waals surface area (Å²) in [5.74, 6) is 4.94. The van der Waals surface area contributed by atoms with Crippen molar-refractivity contribution < 1.29 is 4.79 Å². The van der Waals surface area contributed by atoms with Gasteiger partial charge in [-0.15, -0.1) is 0 Å². The number of nitrogens with zero attached hydrogens (tertiary/aromatic N) is 1. The summed E-state index contributed by atoms with van der Waals surface area (Å²) in [4.78, 5) is 11.7. The second-order valence-electron chi connectivity index (χ2n) is 4.87. The smallest absolute Gasteiger partial charge is 0.265 e. The molecule has 0 saturated carbocycles. The molecule has 0 fully saturated rings. The number of amides is 1. The van der Waals surface area contributed by atoms with Gasteiger partial charge in [-0.3, -0.25) is 10.2 Å². The number of aromatic nitrogens is 1. The van der Waals surface area contributed by atoms with Crippen LogP contribution in [0.2, 0.25) is 0 Å². The third kappa shape index (κ3) is 1.85. The number of nitrogens with one attached hydrogen (secondary N) is 1. The number of hydrogen-bond acceptors (Lipinski definition) is 2. The van der Waals surface area contributed by atoms with Gasteiger partial charge in [-0.1, -0.05) is 25.1 Å². The van der Waals surface area contributed by atoms with Crippen LogP contribution in [0.25, 0.3) is 21.8 Å². The van der Waals surface area contributed by atoms with E-state index < -0.39 is 0 Å². The van der Waals surface area contributed by atoms with Crippen LogP contribution in [0.3, 0.4) is 0 Å². The summed E-state index contributed by atoms with van der Waals surface area (Å²) < 4.78 is 2.30. The first kappa shape index (κ1) is 12.7. The van der Waals surface area contributed by atoms with Gasteiger partial charge in [-0.05, 0) is 30.7 Å². The van der Waals surface area contributed by atoms with Crippen LogP contribution < -0.4 is 11.3 Å². The van der Waals surface area contributed by atoms with Crippen molar-refractivity contribution in [2.75, 3.05) is 0 Å². The quantitative estimate of drug-likeness (QED) is 0.435. The van der Waals surface area contributed by atoms with E-state index in [2.05, 4.69) is 29.0 Å². The molecule has 102 valence electrons. The van der Waals surface area contributed by atoms with E-state index in [-0.39, 0.29) is 5.91 Å². The van der Waals surface area contributed by atoms with E-state index in [1.165, 1.54) is 10.9 Å². The fourth-order valence-electron chi connectivity index (χ4n) is 2.74. The minimum atomic E-state index is -0.265. The van der Waals surface area contributed by atoms with Gasteiger partial charge in [0, 0.05) is 33.9 Å². The molecule has 0 aliphatic rings. The van der Waals surface area contributed by atoms with Crippen LogP contribution in [0.5, 0.6) is 0 Å². The summed E-state index contributed by atoms with van der Waals surface area (Å²) in [5, 5.41) is 2.26. The van der Waals surface area contributed by atoms with Crippen molar-refractivity contribution in [3.05, 3.63) is 48.0 Å². The van der Waals surface area contributed by atoms with E-state index in [4.69, 9.17) is 5.84 Å². The molecule has 3 rings (SSSR count). The lowest BCUT2D eigenvalue weighted by Crippen LogP contribution is -2.29. The fraction of sp³-hybridized carbons (Fsp3) is 0.188. The molecule has 4 nitrogen and oxygen atoms in total. The van der Waals surface area contributed by atoms with E-state index >= 15 is 0 Å². The Hall–Kier alpha value is -2.33. The van der Waals surface area contributed by atoms with Gasteiger partial charge in [-0.25, -0.2) is 5.84 Å². The molecule has 3 N–H and O–H groups in total. The van der Waals surface area contributed by atoms with Crippen molar-refractivity contribution in [3.8, 4) is 0 Å². The Balaban J connectivity index is 2.34. The van der Waals surface area contributed by atoms with Crippen molar-refractivity contribution in [1.29, 1.82) is 0 Å². The number of rotatable bonds is 3. The lowest BCUT2D eigenvalue weighted by Gasteiger charge is -2.05. The van der Waals surface area contributed by atoms with Gasteiger partial charge >= 0.3 is 0 Å². The second kappa shape index (κ2) is 4.98. The molecule has 0 aliphatic carbocycles. The number of nitrogen functional groups attached to an aromatic ring is 1. The Morgan fingerprint density at radius 3 is 2.65 bits per heavy atom. The van der Waals surface area contributed by atoms with Gasteiger partial charge in [0.1, 0.15) is 0 Å². The molecule has 1 amide bonds. The SMILES string of the molecule is CCCn1c2ccccc2c2cc(C(=O)NN)ccc21. The predicted octanol–water partition coefficient (Wildman–Crippen LogP) is 2.81. The fourth-order valence-corrected chi connectivity index (χ4v) is 2.74. The number of aryl methyl sites for hydroxylation is 1. The van der Waals surface area contributed by atoms with Crippen molar-refractivity contribution >= 4 is 27.7 Å². The predicted molar refractivity (Wildman–Crippen MR) is 81.4 cm³/mol. The number of carbonyl (C=O) groups excluding carboxylic acids is 1. The maximum Gasteiger partial charge on any atom is 0.265 e. The summed E-state index contributed by atoms with van der Waals surface area (Å²) in [7, 11) is 0. The summed E-state index contributed by atoms with van der Waals surface area (Å²) in [6, 6.07) is 14.0.